The van der Waals surface area contributed by atoms with Crippen molar-refractivity contribution < 1.29 is 13.5 Å². The molecule has 0 saturated heterocycles. The molecule has 4 nitrogen and oxygen atoms in total. The molecule has 2 saturated carbocycles. The van der Waals surface area contributed by atoms with E-state index < -0.39 is 10.0 Å². The number of aliphatic hydroxyl groups is 1. The fourth-order valence-corrected chi connectivity index (χ4v) is 5.69. The van der Waals surface area contributed by atoms with Gasteiger partial charge in [-0.05, 0) is 37.2 Å². The Balaban J connectivity index is 1.75. The first-order valence-corrected chi connectivity index (χ1v) is 8.65. The fourth-order valence-electron chi connectivity index (χ4n) is 3.24. The van der Waals surface area contributed by atoms with Crippen LogP contribution in [0.1, 0.15) is 30.6 Å². The summed E-state index contributed by atoms with van der Waals surface area (Å²) in [6.07, 6.45) is 4.58. The summed E-state index contributed by atoms with van der Waals surface area (Å²) in [6.45, 7) is -0.103. The lowest BCUT2D eigenvalue weighted by Gasteiger charge is -2.22. The van der Waals surface area contributed by atoms with Crippen LogP contribution in [0, 0.1) is 11.8 Å². The van der Waals surface area contributed by atoms with Crippen LogP contribution in [-0.4, -0.2) is 19.6 Å². The summed E-state index contributed by atoms with van der Waals surface area (Å²) >= 11 is 1.28. The van der Waals surface area contributed by atoms with Crippen LogP contribution < -0.4 is 4.72 Å². The second-order valence-electron chi connectivity index (χ2n) is 5.31. The molecule has 1 heterocycles. The minimum Gasteiger partial charge on any atom is -0.391 e. The second-order valence-corrected chi connectivity index (χ2v) is 8.02. The van der Waals surface area contributed by atoms with Crippen molar-refractivity contribution >= 4 is 21.4 Å². The number of thiophene rings is 1. The minimum absolute atomic E-state index is 0.103. The maximum Gasteiger partial charge on any atom is 0.241 e. The monoisotopic (exact) mass is 287 g/mol. The summed E-state index contributed by atoms with van der Waals surface area (Å²) in [4.78, 5) is 0.975. The number of nitrogens with one attached hydrogen (secondary N) is 1. The van der Waals surface area contributed by atoms with E-state index in [2.05, 4.69) is 4.72 Å². The number of sulfonamides is 1. The van der Waals surface area contributed by atoms with Gasteiger partial charge in [-0.15, -0.1) is 11.3 Å². The fraction of sp³-hybridized carbons (Fsp3) is 0.667. The Hall–Kier alpha value is -0.430. The van der Waals surface area contributed by atoms with Crippen LogP contribution in [0.4, 0.5) is 0 Å². The van der Waals surface area contributed by atoms with E-state index in [1.54, 1.807) is 11.4 Å². The van der Waals surface area contributed by atoms with E-state index in [0.29, 0.717) is 15.7 Å². The molecule has 100 valence electrons. The Bertz CT molecular complexity index is 537. The summed E-state index contributed by atoms with van der Waals surface area (Å²) in [5, 5.41) is 10.6. The highest BCUT2D eigenvalue weighted by Crippen LogP contribution is 2.44. The molecule has 1 aromatic heterocycles. The molecule has 0 spiro atoms. The van der Waals surface area contributed by atoms with Gasteiger partial charge in [0.25, 0.3) is 0 Å². The van der Waals surface area contributed by atoms with Crippen molar-refractivity contribution in [1.82, 2.24) is 4.72 Å². The van der Waals surface area contributed by atoms with E-state index in [0.717, 1.165) is 18.8 Å². The summed E-state index contributed by atoms with van der Waals surface area (Å²) in [5.41, 5.74) is 0. The summed E-state index contributed by atoms with van der Waals surface area (Å²) < 4.78 is 27.3. The molecular formula is C12H17NO3S2. The van der Waals surface area contributed by atoms with Crippen molar-refractivity contribution in [1.29, 1.82) is 0 Å². The zero-order chi connectivity index (χ0) is 12.8. The molecule has 3 atom stereocenters. The molecule has 2 bridgehead atoms. The van der Waals surface area contributed by atoms with Crippen molar-refractivity contribution in [3.8, 4) is 0 Å². The highest BCUT2D eigenvalue weighted by atomic mass is 32.2. The van der Waals surface area contributed by atoms with Crippen LogP contribution in [0.25, 0.3) is 0 Å². The molecular weight excluding hydrogens is 270 g/mol. The van der Waals surface area contributed by atoms with Gasteiger partial charge in [-0.25, -0.2) is 13.1 Å². The van der Waals surface area contributed by atoms with E-state index in [1.807, 2.05) is 0 Å². The lowest BCUT2D eigenvalue weighted by molar-refractivity contribution is 0.285. The molecule has 2 fully saturated rings. The number of rotatable bonds is 4. The summed E-state index contributed by atoms with van der Waals surface area (Å²) in [7, 11) is -3.41. The summed E-state index contributed by atoms with van der Waals surface area (Å²) in [5.74, 6) is 1.25. The molecule has 18 heavy (non-hydrogen) atoms. The minimum atomic E-state index is -3.41. The molecule has 3 rings (SSSR count). The Morgan fingerprint density at radius 2 is 2.22 bits per heavy atom. The first kappa shape index (κ1) is 12.6. The second kappa shape index (κ2) is 4.59. The highest BCUT2D eigenvalue weighted by Gasteiger charge is 2.41. The molecule has 2 aliphatic rings. The topological polar surface area (TPSA) is 66.4 Å². The Morgan fingerprint density at radius 3 is 2.78 bits per heavy atom. The third-order valence-corrected chi connectivity index (χ3v) is 6.68. The SMILES string of the molecule is O=S(=O)(NC1CC2CCC1C2)c1csc(CO)c1. The molecule has 0 aromatic carbocycles. The zero-order valence-corrected chi connectivity index (χ0v) is 11.6. The quantitative estimate of drug-likeness (QED) is 0.886. The lowest BCUT2D eigenvalue weighted by Crippen LogP contribution is -2.38. The summed E-state index contributed by atoms with van der Waals surface area (Å²) in [6, 6.07) is 1.67. The Morgan fingerprint density at radius 1 is 1.39 bits per heavy atom. The Labute approximate surface area is 111 Å². The van der Waals surface area contributed by atoms with E-state index >= 15 is 0 Å². The van der Waals surface area contributed by atoms with Crippen molar-refractivity contribution in [2.75, 3.05) is 0 Å². The van der Waals surface area contributed by atoms with E-state index in [9.17, 15) is 8.42 Å². The van der Waals surface area contributed by atoms with Gasteiger partial charge in [-0.3, -0.25) is 0 Å². The first-order valence-electron chi connectivity index (χ1n) is 6.29. The zero-order valence-electron chi connectivity index (χ0n) is 10.0. The molecule has 1 aromatic rings. The molecule has 2 N–H and O–H groups in total. The van der Waals surface area contributed by atoms with Gasteiger partial charge < -0.3 is 5.11 Å². The van der Waals surface area contributed by atoms with Gasteiger partial charge in [-0.1, -0.05) is 6.42 Å². The first-order chi connectivity index (χ1) is 8.58. The van der Waals surface area contributed by atoms with E-state index in [4.69, 9.17) is 5.11 Å². The number of aliphatic hydroxyl groups excluding tert-OH is 1. The van der Waals surface area contributed by atoms with Crippen LogP contribution >= 0.6 is 11.3 Å². The van der Waals surface area contributed by atoms with Gasteiger partial charge >= 0.3 is 0 Å². The lowest BCUT2D eigenvalue weighted by atomic mass is 9.96. The van der Waals surface area contributed by atoms with Crippen LogP contribution in [0.2, 0.25) is 0 Å². The van der Waals surface area contributed by atoms with Gasteiger partial charge in [0.05, 0.1) is 11.5 Å². The highest BCUT2D eigenvalue weighted by molar-refractivity contribution is 7.89. The number of hydrogen-bond acceptors (Lipinski definition) is 4. The van der Waals surface area contributed by atoms with Crippen LogP contribution in [0.3, 0.4) is 0 Å². The van der Waals surface area contributed by atoms with Crippen LogP contribution in [0.5, 0.6) is 0 Å². The molecule has 0 aliphatic heterocycles. The maximum atomic E-state index is 12.2. The molecule has 6 heteroatoms. The molecule has 0 amide bonds. The van der Waals surface area contributed by atoms with Crippen molar-refractivity contribution in [2.24, 2.45) is 11.8 Å². The van der Waals surface area contributed by atoms with E-state index in [1.165, 1.54) is 24.2 Å². The molecule has 0 radical (unpaired) electrons. The number of hydrogen-bond donors (Lipinski definition) is 2. The van der Waals surface area contributed by atoms with Gasteiger partial charge in [0.15, 0.2) is 0 Å². The average molecular weight is 287 g/mol. The van der Waals surface area contributed by atoms with Crippen molar-refractivity contribution in [3.63, 3.8) is 0 Å². The van der Waals surface area contributed by atoms with Crippen LogP contribution in [0.15, 0.2) is 16.3 Å². The smallest absolute Gasteiger partial charge is 0.241 e. The maximum absolute atomic E-state index is 12.2. The van der Waals surface area contributed by atoms with Gasteiger partial charge in [0.2, 0.25) is 10.0 Å². The van der Waals surface area contributed by atoms with Crippen molar-refractivity contribution in [2.45, 2.75) is 43.2 Å². The van der Waals surface area contributed by atoms with Gasteiger partial charge in [0, 0.05) is 16.3 Å². The average Bonchev–Trinajstić information content (AvgIpc) is 3.04. The molecule has 3 unspecified atom stereocenters. The third-order valence-electron chi connectivity index (χ3n) is 4.14. The molecule has 2 aliphatic carbocycles. The van der Waals surface area contributed by atoms with Crippen LogP contribution in [-0.2, 0) is 16.6 Å². The van der Waals surface area contributed by atoms with E-state index in [-0.39, 0.29) is 12.6 Å². The van der Waals surface area contributed by atoms with Gasteiger partial charge in [0.1, 0.15) is 0 Å². The Kier molecular flexibility index (Phi) is 3.21. The van der Waals surface area contributed by atoms with Crippen molar-refractivity contribution in [3.05, 3.63) is 16.3 Å². The van der Waals surface area contributed by atoms with Gasteiger partial charge in [-0.2, -0.15) is 0 Å². The predicted molar refractivity (Wildman–Crippen MR) is 69.8 cm³/mol. The standard InChI is InChI=1S/C12H17NO3S2/c14-6-10-5-11(7-17-10)18(15,16)13-12-4-8-1-2-9(12)3-8/h5,7-9,12-14H,1-4,6H2. The third kappa shape index (κ3) is 2.22. The normalized spacial score (nSPS) is 31.1. The predicted octanol–water partition coefficient (Wildman–Crippen LogP) is 1.71. The largest absolute Gasteiger partial charge is 0.391 e. The number of fused-ring (bicyclic) bond motifs is 2.